The molecule has 0 spiro atoms. The van der Waals surface area contributed by atoms with Crippen molar-refractivity contribution >= 4 is 39.0 Å². The van der Waals surface area contributed by atoms with Crippen molar-refractivity contribution in [2.45, 2.75) is 51.0 Å². The third kappa shape index (κ3) is 5.32. The Bertz CT molecular complexity index is 1370. The number of rotatable bonds is 5. The Balaban J connectivity index is 1.16. The average molecular weight is 553 g/mol. The van der Waals surface area contributed by atoms with E-state index < -0.39 is 10.0 Å². The van der Waals surface area contributed by atoms with E-state index in [0.717, 1.165) is 30.0 Å². The van der Waals surface area contributed by atoms with Gasteiger partial charge in [0.2, 0.25) is 21.8 Å². The van der Waals surface area contributed by atoms with Crippen LogP contribution in [-0.2, 0) is 26.0 Å². The summed E-state index contributed by atoms with van der Waals surface area (Å²) in [6.07, 6.45) is 1.64. The van der Waals surface area contributed by atoms with E-state index in [4.69, 9.17) is 0 Å². The van der Waals surface area contributed by atoms with Gasteiger partial charge < -0.3 is 14.7 Å². The van der Waals surface area contributed by atoms with Crippen molar-refractivity contribution in [3.8, 4) is 0 Å². The quantitative estimate of drug-likeness (QED) is 0.529. The van der Waals surface area contributed by atoms with Crippen LogP contribution in [0.1, 0.15) is 49.5 Å². The number of sulfonamides is 1. The van der Waals surface area contributed by atoms with Crippen molar-refractivity contribution in [1.82, 2.24) is 9.21 Å². The van der Waals surface area contributed by atoms with Gasteiger partial charge in [0.15, 0.2) is 5.78 Å². The average Bonchev–Trinajstić information content (AvgIpc) is 3.28. The number of fused-ring (bicyclic) bond motifs is 1. The number of hydrogen-bond acceptors (Lipinski definition) is 6. The highest BCUT2D eigenvalue weighted by atomic mass is 32.2. The standard InChI is InChI=1S/C29H36N4O5S/c1-20-18-25-19-27(8-9-28(25)33(20)22(3)35)39(37,38)32-12-10-24(11-13-32)29(36)31-16-14-30(15-17-31)26-6-4-23(5-7-26)21(2)34/h4-9,19-20,24H,10-18H2,1-3H3/t20-/m1/s1. The summed E-state index contributed by atoms with van der Waals surface area (Å²) in [4.78, 5) is 42.9. The molecule has 208 valence electrons. The summed E-state index contributed by atoms with van der Waals surface area (Å²) < 4.78 is 28.3. The highest BCUT2D eigenvalue weighted by molar-refractivity contribution is 7.89. The second-order valence-electron chi connectivity index (χ2n) is 10.8. The number of piperidine rings is 1. The summed E-state index contributed by atoms with van der Waals surface area (Å²) in [5, 5.41) is 0. The maximum Gasteiger partial charge on any atom is 0.243 e. The molecule has 5 rings (SSSR count). The Morgan fingerprint density at radius 3 is 2.08 bits per heavy atom. The lowest BCUT2D eigenvalue weighted by molar-refractivity contribution is -0.137. The Morgan fingerprint density at radius 1 is 0.846 bits per heavy atom. The summed E-state index contributed by atoms with van der Waals surface area (Å²) >= 11 is 0. The Kier molecular flexibility index (Phi) is 7.52. The van der Waals surface area contributed by atoms with Crippen molar-refractivity contribution in [1.29, 1.82) is 0 Å². The van der Waals surface area contributed by atoms with E-state index in [2.05, 4.69) is 4.90 Å². The minimum absolute atomic E-state index is 0.00589. The minimum Gasteiger partial charge on any atom is -0.368 e. The maximum absolute atomic E-state index is 13.4. The first-order valence-electron chi connectivity index (χ1n) is 13.6. The van der Waals surface area contributed by atoms with Crippen molar-refractivity contribution in [3.63, 3.8) is 0 Å². The highest BCUT2D eigenvalue weighted by Gasteiger charge is 2.36. The maximum atomic E-state index is 13.4. The Morgan fingerprint density at radius 2 is 1.49 bits per heavy atom. The van der Waals surface area contributed by atoms with Crippen LogP contribution in [0.2, 0.25) is 0 Å². The van der Waals surface area contributed by atoms with Crippen LogP contribution in [0.25, 0.3) is 0 Å². The van der Waals surface area contributed by atoms with Gasteiger partial charge in [0.05, 0.1) is 4.90 Å². The Hall–Kier alpha value is -3.24. The van der Waals surface area contributed by atoms with Gasteiger partial charge in [-0.1, -0.05) is 0 Å². The molecular formula is C29H36N4O5S. The first-order valence-corrected chi connectivity index (χ1v) is 15.1. The summed E-state index contributed by atoms with van der Waals surface area (Å²) in [5.74, 6) is -0.0793. The number of Topliss-reactive ketones (excluding diaryl/α,β-unsaturated/α-hetero) is 1. The number of benzene rings is 2. The zero-order valence-electron chi connectivity index (χ0n) is 22.8. The van der Waals surface area contributed by atoms with E-state index in [-0.39, 0.29) is 34.5 Å². The molecule has 0 radical (unpaired) electrons. The molecule has 0 unspecified atom stereocenters. The van der Waals surface area contributed by atoms with E-state index in [0.29, 0.717) is 51.0 Å². The van der Waals surface area contributed by atoms with Crippen LogP contribution in [0.5, 0.6) is 0 Å². The molecule has 0 aliphatic carbocycles. The van der Waals surface area contributed by atoms with E-state index >= 15 is 0 Å². The number of amides is 2. The molecule has 0 bridgehead atoms. The number of anilines is 2. The van der Waals surface area contributed by atoms with E-state index in [9.17, 15) is 22.8 Å². The molecule has 10 heteroatoms. The SMILES string of the molecule is CC(=O)c1ccc(N2CCN(C(=O)C3CCN(S(=O)(=O)c4ccc5c(c4)C[C@@H](C)N5C(C)=O)CC3)CC2)cc1. The molecule has 0 N–H and O–H groups in total. The molecule has 2 fully saturated rings. The van der Waals surface area contributed by atoms with Crippen LogP contribution < -0.4 is 9.80 Å². The lowest BCUT2D eigenvalue weighted by Crippen LogP contribution is -2.52. The lowest BCUT2D eigenvalue weighted by atomic mass is 9.96. The van der Waals surface area contributed by atoms with Gasteiger partial charge in [-0.15, -0.1) is 0 Å². The highest BCUT2D eigenvalue weighted by Crippen LogP contribution is 2.35. The number of carbonyl (C=O) groups is 3. The summed E-state index contributed by atoms with van der Waals surface area (Å²) in [7, 11) is -3.68. The number of carbonyl (C=O) groups excluding carboxylic acids is 3. The number of piperazine rings is 1. The molecule has 9 nitrogen and oxygen atoms in total. The first-order chi connectivity index (χ1) is 18.6. The third-order valence-corrected chi connectivity index (χ3v) is 10.2. The van der Waals surface area contributed by atoms with Crippen LogP contribution in [0, 0.1) is 5.92 Å². The molecule has 2 saturated heterocycles. The van der Waals surface area contributed by atoms with E-state index in [1.165, 1.54) is 11.2 Å². The molecule has 3 aliphatic rings. The predicted molar refractivity (Wildman–Crippen MR) is 149 cm³/mol. The summed E-state index contributed by atoms with van der Waals surface area (Å²) in [5.41, 5.74) is 3.39. The zero-order valence-corrected chi connectivity index (χ0v) is 23.6. The van der Waals surface area contributed by atoms with Gasteiger partial charge in [0.1, 0.15) is 0 Å². The van der Waals surface area contributed by atoms with Crippen molar-refractivity contribution in [2.75, 3.05) is 49.1 Å². The number of nitrogens with zero attached hydrogens (tertiary/aromatic N) is 4. The molecule has 2 aromatic rings. The molecule has 1 atom stereocenters. The van der Waals surface area contributed by atoms with Crippen LogP contribution in [-0.4, -0.2) is 80.5 Å². The van der Waals surface area contributed by atoms with Crippen LogP contribution in [0.3, 0.4) is 0 Å². The smallest absolute Gasteiger partial charge is 0.243 e. The molecule has 0 aromatic heterocycles. The van der Waals surface area contributed by atoms with Gasteiger partial charge in [-0.2, -0.15) is 4.31 Å². The van der Waals surface area contributed by atoms with Gasteiger partial charge in [0, 0.05) is 75.1 Å². The monoisotopic (exact) mass is 552 g/mol. The van der Waals surface area contributed by atoms with Crippen LogP contribution in [0.4, 0.5) is 11.4 Å². The lowest BCUT2D eigenvalue weighted by Gasteiger charge is -2.39. The van der Waals surface area contributed by atoms with E-state index in [1.807, 2.05) is 36.1 Å². The minimum atomic E-state index is -3.68. The largest absolute Gasteiger partial charge is 0.368 e. The second-order valence-corrected chi connectivity index (χ2v) is 12.8. The van der Waals surface area contributed by atoms with Gasteiger partial charge in [-0.05, 0) is 81.1 Å². The number of ketones is 1. The topological polar surface area (TPSA) is 98.3 Å². The van der Waals surface area contributed by atoms with Crippen molar-refractivity contribution < 1.29 is 22.8 Å². The normalized spacial score (nSPS) is 20.7. The third-order valence-electron chi connectivity index (χ3n) is 8.28. The van der Waals surface area contributed by atoms with Crippen LogP contribution >= 0.6 is 0 Å². The zero-order chi connectivity index (χ0) is 27.9. The van der Waals surface area contributed by atoms with Crippen molar-refractivity contribution in [2.24, 2.45) is 5.92 Å². The molecule has 3 aliphatic heterocycles. The molecule has 3 heterocycles. The first kappa shape index (κ1) is 27.3. The van der Waals surface area contributed by atoms with Gasteiger partial charge in [-0.3, -0.25) is 14.4 Å². The number of hydrogen-bond donors (Lipinski definition) is 0. The fourth-order valence-corrected chi connectivity index (χ4v) is 7.61. The molecular weight excluding hydrogens is 516 g/mol. The molecule has 2 amide bonds. The summed E-state index contributed by atoms with van der Waals surface area (Å²) in [6, 6.07) is 12.6. The molecule has 0 saturated carbocycles. The second kappa shape index (κ2) is 10.7. The molecule has 39 heavy (non-hydrogen) atoms. The predicted octanol–water partition coefficient (Wildman–Crippen LogP) is 2.94. The fraction of sp³-hybridized carbons (Fsp3) is 0.483. The van der Waals surface area contributed by atoms with E-state index in [1.54, 1.807) is 30.0 Å². The van der Waals surface area contributed by atoms with Gasteiger partial charge >= 0.3 is 0 Å². The summed E-state index contributed by atoms with van der Waals surface area (Å²) in [6.45, 7) is 8.35. The van der Waals surface area contributed by atoms with Crippen LogP contribution in [0.15, 0.2) is 47.4 Å². The van der Waals surface area contributed by atoms with Gasteiger partial charge in [-0.25, -0.2) is 8.42 Å². The molecule has 2 aromatic carbocycles. The fourth-order valence-electron chi connectivity index (χ4n) is 6.09. The van der Waals surface area contributed by atoms with Crippen molar-refractivity contribution in [3.05, 3.63) is 53.6 Å². The Labute approximate surface area is 230 Å². The van der Waals surface area contributed by atoms with Gasteiger partial charge in [0.25, 0.3) is 0 Å².